The van der Waals surface area contributed by atoms with Crippen LogP contribution in [0.5, 0.6) is 0 Å². The van der Waals surface area contributed by atoms with Crippen LogP contribution in [0.3, 0.4) is 0 Å². The number of carbonyl (C=O) groups is 2. The molecule has 0 aromatic carbocycles. The number of rotatable bonds is 4. The molecule has 2 aliphatic rings. The summed E-state index contributed by atoms with van der Waals surface area (Å²) in [6.07, 6.45) is 2.09. The Morgan fingerprint density at radius 1 is 1.29 bits per heavy atom. The molecule has 0 spiro atoms. The summed E-state index contributed by atoms with van der Waals surface area (Å²) in [6.45, 7) is 6.04. The zero-order valence-corrected chi connectivity index (χ0v) is 13.5. The van der Waals surface area contributed by atoms with E-state index in [0.717, 1.165) is 17.7 Å². The fourth-order valence-electron chi connectivity index (χ4n) is 3.20. The number of nitrogens with zero attached hydrogens (tertiary/aromatic N) is 1. The van der Waals surface area contributed by atoms with E-state index in [1.807, 2.05) is 43.2 Å². The van der Waals surface area contributed by atoms with Gasteiger partial charge in [0.15, 0.2) is 0 Å². The van der Waals surface area contributed by atoms with Crippen LogP contribution in [0.4, 0.5) is 0 Å². The zero-order valence-electron chi connectivity index (χ0n) is 12.7. The summed E-state index contributed by atoms with van der Waals surface area (Å²) in [5, 5.41) is 4.98. The number of carbonyl (C=O) groups excluding carboxylic acids is 2. The van der Waals surface area contributed by atoms with Crippen molar-refractivity contribution in [1.29, 1.82) is 0 Å². The molecule has 2 fully saturated rings. The molecule has 5 heteroatoms. The molecule has 1 N–H and O–H groups in total. The lowest BCUT2D eigenvalue weighted by atomic mass is 9.93. The second-order valence-electron chi connectivity index (χ2n) is 6.45. The summed E-state index contributed by atoms with van der Waals surface area (Å²) >= 11 is 1.64. The molecule has 21 heavy (non-hydrogen) atoms. The molecule has 1 saturated carbocycles. The van der Waals surface area contributed by atoms with E-state index < -0.39 is 0 Å². The number of nitrogens with one attached hydrogen (secondary N) is 1. The Morgan fingerprint density at radius 3 is 2.52 bits per heavy atom. The first-order chi connectivity index (χ1) is 10.0. The summed E-state index contributed by atoms with van der Waals surface area (Å²) in [5.41, 5.74) is 0. The van der Waals surface area contributed by atoms with E-state index in [9.17, 15) is 9.59 Å². The van der Waals surface area contributed by atoms with E-state index in [1.165, 1.54) is 0 Å². The normalized spacial score (nSPS) is 27.9. The Balaban J connectivity index is 1.93. The van der Waals surface area contributed by atoms with Crippen molar-refractivity contribution in [1.82, 2.24) is 10.2 Å². The lowest BCUT2D eigenvalue weighted by Gasteiger charge is -2.44. The maximum Gasteiger partial charge on any atom is 0.246 e. The molecule has 0 radical (unpaired) electrons. The van der Waals surface area contributed by atoms with Crippen LogP contribution in [0.15, 0.2) is 17.5 Å². The van der Waals surface area contributed by atoms with Gasteiger partial charge in [-0.05, 0) is 43.0 Å². The molecule has 2 heterocycles. The monoisotopic (exact) mass is 306 g/mol. The Labute approximate surface area is 129 Å². The van der Waals surface area contributed by atoms with E-state index in [1.54, 1.807) is 11.3 Å². The van der Waals surface area contributed by atoms with Gasteiger partial charge < -0.3 is 10.2 Å². The predicted octanol–water partition coefficient (Wildman–Crippen LogP) is 2.57. The van der Waals surface area contributed by atoms with Crippen molar-refractivity contribution in [3.05, 3.63) is 22.4 Å². The first-order valence-electron chi connectivity index (χ1n) is 7.66. The van der Waals surface area contributed by atoms with Gasteiger partial charge in [0.2, 0.25) is 11.8 Å². The average Bonchev–Trinajstić information content (AvgIpc) is 3.13. The molecule has 1 aromatic heterocycles. The van der Waals surface area contributed by atoms with Gasteiger partial charge in [0.05, 0.1) is 6.04 Å². The van der Waals surface area contributed by atoms with Gasteiger partial charge in [0.25, 0.3) is 0 Å². The molecule has 1 aromatic rings. The van der Waals surface area contributed by atoms with E-state index in [-0.39, 0.29) is 35.9 Å². The van der Waals surface area contributed by atoms with Gasteiger partial charge in [-0.1, -0.05) is 19.9 Å². The number of hydrogen-bond donors (Lipinski definition) is 1. The van der Waals surface area contributed by atoms with Gasteiger partial charge in [0.1, 0.15) is 12.1 Å². The Morgan fingerprint density at radius 2 is 2.00 bits per heavy atom. The van der Waals surface area contributed by atoms with Gasteiger partial charge in [-0.15, -0.1) is 11.3 Å². The Kier molecular flexibility index (Phi) is 3.78. The van der Waals surface area contributed by atoms with Crippen LogP contribution in [-0.4, -0.2) is 28.8 Å². The van der Waals surface area contributed by atoms with Crippen LogP contribution >= 0.6 is 11.3 Å². The minimum absolute atomic E-state index is 0.00454. The minimum atomic E-state index is -0.371. The number of thiophene rings is 1. The summed E-state index contributed by atoms with van der Waals surface area (Å²) in [7, 11) is 0. The van der Waals surface area contributed by atoms with Crippen molar-refractivity contribution < 1.29 is 9.59 Å². The summed E-state index contributed by atoms with van der Waals surface area (Å²) in [6, 6.07) is 3.31. The van der Waals surface area contributed by atoms with Crippen molar-refractivity contribution in [2.75, 3.05) is 0 Å². The third kappa shape index (κ3) is 2.59. The number of hydrogen-bond acceptors (Lipinski definition) is 3. The van der Waals surface area contributed by atoms with Gasteiger partial charge in [-0.25, -0.2) is 0 Å². The highest BCUT2D eigenvalue weighted by Crippen LogP contribution is 2.38. The van der Waals surface area contributed by atoms with Crippen molar-refractivity contribution in [3.8, 4) is 0 Å². The van der Waals surface area contributed by atoms with Crippen LogP contribution in [0, 0.1) is 11.8 Å². The van der Waals surface area contributed by atoms with E-state index >= 15 is 0 Å². The molecule has 1 aliphatic heterocycles. The molecule has 4 nitrogen and oxygen atoms in total. The summed E-state index contributed by atoms with van der Waals surface area (Å²) < 4.78 is 0. The van der Waals surface area contributed by atoms with Gasteiger partial charge in [0, 0.05) is 4.88 Å². The third-order valence-electron chi connectivity index (χ3n) is 4.48. The Bertz CT molecular complexity index is 536. The number of piperazine rings is 1. The SMILES string of the molecule is CC(C)C1C(=O)NC(C2CC2)C(=O)N1C(C)c1cccs1. The topological polar surface area (TPSA) is 49.4 Å². The highest BCUT2D eigenvalue weighted by Gasteiger charge is 2.49. The third-order valence-corrected chi connectivity index (χ3v) is 5.53. The quantitative estimate of drug-likeness (QED) is 0.929. The fraction of sp³-hybridized carbons (Fsp3) is 0.625. The lowest BCUT2D eigenvalue weighted by molar-refractivity contribution is -0.154. The second-order valence-corrected chi connectivity index (χ2v) is 7.43. The molecule has 3 unspecified atom stereocenters. The highest BCUT2D eigenvalue weighted by molar-refractivity contribution is 7.10. The molecule has 2 amide bonds. The van der Waals surface area contributed by atoms with Crippen LogP contribution in [0.2, 0.25) is 0 Å². The molecule has 0 bridgehead atoms. The first kappa shape index (κ1) is 14.6. The molecule has 1 aliphatic carbocycles. The molecular formula is C16H22N2O2S. The van der Waals surface area contributed by atoms with Gasteiger partial charge >= 0.3 is 0 Å². The number of amides is 2. The van der Waals surface area contributed by atoms with Crippen LogP contribution < -0.4 is 5.32 Å². The van der Waals surface area contributed by atoms with Crippen LogP contribution in [0.1, 0.15) is 44.5 Å². The highest BCUT2D eigenvalue weighted by atomic mass is 32.1. The molecule has 3 atom stereocenters. The van der Waals surface area contributed by atoms with Crippen LogP contribution in [-0.2, 0) is 9.59 Å². The Hall–Kier alpha value is -1.36. The van der Waals surface area contributed by atoms with Crippen LogP contribution in [0.25, 0.3) is 0 Å². The lowest BCUT2D eigenvalue weighted by Crippen LogP contribution is -2.65. The summed E-state index contributed by atoms with van der Waals surface area (Å²) in [4.78, 5) is 28.4. The molecule has 1 saturated heterocycles. The van der Waals surface area contributed by atoms with Crippen molar-refractivity contribution in [2.24, 2.45) is 11.8 Å². The van der Waals surface area contributed by atoms with Crippen molar-refractivity contribution in [3.63, 3.8) is 0 Å². The first-order valence-corrected chi connectivity index (χ1v) is 8.54. The maximum atomic E-state index is 12.9. The van der Waals surface area contributed by atoms with E-state index in [4.69, 9.17) is 0 Å². The van der Waals surface area contributed by atoms with E-state index in [2.05, 4.69) is 5.32 Å². The predicted molar refractivity (Wildman–Crippen MR) is 82.9 cm³/mol. The smallest absolute Gasteiger partial charge is 0.246 e. The van der Waals surface area contributed by atoms with Gasteiger partial charge in [-0.2, -0.15) is 0 Å². The molecule has 114 valence electrons. The van der Waals surface area contributed by atoms with Gasteiger partial charge in [-0.3, -0.25) is 9.59 Å². The fourth-order valence-corrected chi connectivity index (χ4v) is 3.98. The largest absolute Gasteiger partial charge is 0.342 e. The standard InChI is InChI=1S/C16H22N2O2S/c1-9(2)14-15(19)17-13(11-6-7-11)16(20)18(14)10(3)12-5-4-8-21-12/h4-5,8-11,13-14H,6-7H2,1-3H3,(H,17,19). The molecular weight excluding hydrogens is 284 g/mol. The maximum absolute atomic E-state index is 12.9. The molecule has 3 rings (SSSR count). The van der Waals surface area contributed by atoms with Crippen molar-refractivity contribution >= 4 is 23.2 Å². The second kappa shape index (κ2) is 5.44. The summed E-state index contributed by atoms with van der Waals surface area (Å²) in [5.74, 6) is 0.547. The average molecular weight is 306 g/mol. The van der Waals surface area contributed by atoms with Crippen molar-refractivity contribution in [2.45, 2.75) is 51.7 Å². The minimum Gasteiger partial charge on any atom is -0.342 e. The zero-order chi connectivity index (χ0) is 15.1. The van der Waals surface area contributed by atoms with E-state index in [0.29, 0.717) is 5.92 Å².